The number of benzene rings is 3. The second kappa shape index (κ2) is 18.7. The van der Waals surface area contributed by atoms with Gasteiger partial charge in [-0.3, -0.25) is 19.9 Å². The van der Waals surface area contributed by atoms with Crippen molar-refractivity contribution in [2.75, 3.05) is 4.08 Å². The van der Waals surface area contributed by atoms with E-state index in [4.69, 9.17) is 18.1 Å². The molecule has 59 heavy (non-hydrogen) atoms. The molecule has 0 aliphatic heterocycles. The molecule has 14 nitrogen and oxygen atoms in total. The summed E-state index contributed by atoms with van der Waals surface area (Å²) < 4.78 is 87.8. The Morgan fingerprint density at radius 2 is 0.864 bits per heavy atom. The van der Waals surface area contributed by atoms with Crippen molar-refractivity contribution in [2.45, 2.75) is 30.2 Å². The van der Waals surface area contributed by atoms with Gasteiger partial charge in [0.05, 0.1) is 46.8 Å². The largest absolute Gasteiger partial charge is 0.432 e. The fourth-order valence-corrected chi connectivity index (χ4v) is 12.0. The minimum atomic E-state index is -4.55. The topological polar surface area (TPSA) is 163 Å². The third-order valence-electron chi connectivity index (χ3n) is 8.25. The lowest BCUT2D eigenvalue weighted by molar-refractivity contribution is 0.416. The molecule has 300 valence electrons. The van der Waals surface area contributed by atoms with Crippen LogP contribution in [0.15, 0.2) is 181 Å². The van der Waals surface area contributed by atoms with Gasteiger partial charge >= 0.3 is 17.1 Å². The molecule has 0 unspecified atom stereocenters. The first-order valence-corrected chi connectivity index (χ1v) is 22.9. The molecule has 0 fully saturated rings. The summed E-state index contributed by atoms with van der Waals surface area (Å²) >= 11 is 0. The smallest absolute Gasteiger partial charge is 0.425 e. The SMILES string of the molecule is Cc1ccc(S(=O)(=O)N(Cc2ccccc2N(P(Oc2cccnc2)Oc2cccnc2)S(=O)(=O)c2ccc(C)cc2)P(Oc2cccnc2)Oc2cccnc2)cc1. The highest BCUT2D eigenvalue weighted by Gasteiger charge is 2.42. The number of sulfonamides is 2. The number of pyridine rings is 4. The molecular weight excluding hydrogens is 831 g/mol. The third-order valence-corrected chi connectivity index (χ3v) is 15.9. The number of anilines is 1. The molecule has 7 rings (SSSR count). The van der Waals surface area contributed by atoms with Crippen LogP contribution in [0.4, 0.5) is 5.69 Å². The van der Waals surface area contributed by atoms with Crippen LogP contribution < -0.4 is 22.2 Å². The van der Waals surface area contributed by atoms with Crippen molar-refractivity contribution in [3.05, 3.63) is 188 Å². The van der Waals surface area contributed by atoms with E-state index in [0.717, 1.165) is 19.3 Å². The van der Waals surface area contributed by atoms with Crippen LogP contribution in [0, 0.1) is 13.8 Å². The van der Waals surface area contributed by atoms with Crippen LogP contribution in [0.25, 0.3) is 0 Å². The van der Waals surface area contributed by atoms with Crippen LogP contribution in [0.2, 0.25) is 0 Å². The van der Waals surface area contributed by atoms with Crippen LogP contribution in [-0.4, -0.2) is 40.8 Å². The van der Waals surface area contributed by atoms with Gasteiger partial charge in [-0.05, 0) is 98.3 Å². The Hall–Kier alpha value is -6.02. The predicted molar refractivity (Wildman–Crippen MR) is 224 cm³/mol. The summed E-state index contributed by atoms with van der Waals surface area (Å²) in [5.41, 5.74) is 1.96. The fourth-order valence-electron chi connectivity index (χ4n) is 5.32. The van der Waals surface area contributed by atoms with Gasteiger partial charge in [-0.15, -0.1) is 4.08 Å². The fraction of sp³-hybridized carbons (Fsp3) is 0.0732. The van der Waals surface area contributed by atoms with Gasteiger partial charge < -0.3 is 18.1 Å². The van der Waals surface area contributed by atoms with E-state index < -0.39 is 43.6 Å². The van der Waals surface area contributed by atoms with Crippen LogP contribution in [0.5, 0.6) is 23.0 Å². The van der Waals surface area contributed by atoms with E-state index in [2.05, 4.69) is 19.9 Å². The van der Waals surface area contributed by atoms with Crippen molar-refractivity contribution in [2.24, 2.45) is 0 Å². The van der Waals surface area contributed by atoms with Crippen molar-refractivity contribution >= 4 is 42.8 Å². The molecule has 4 heterocycles. The van der Waals surface area contributed by atoms with Gasteiger partial charge in [0.1, 0.15) is 23.0 Å². The van der Waals surface area contributed by atoms with Gasteiger partial charge in [0.25, 0.3) is 20.0 Å². The average Bonchev–Trinajstić information content (AvgIpc) is 3.25. The van der Waals surface area contributed by atoms with Crippen molar-refractivity contribution in [1.82, 2.24) is 24.0 Å². The molecule has 0 N–H and O–H groups in total. The maximum absolute atomic E-state index is 15.1. The summed E-state index contributed by atoms with van der Waals surface area (Å²) in [6, 6.07) is 32.2. The van der Waals surface area contributed by atoms with Gasteiger partial charge in [0.2, 0.25) is 0 Å². The summed E-state index contributed by atoms with van der Waals surface area (Å²) in [5.74, 6) is 0.875. The zero-order valence-electron chi connectivity index (χ0n) is 31.5. The molecule has 0 aliphatic carbocycles. The monoisotopic (exact) mass is 866 g/mol. The Kier molecular flexibility index (Phi) is 13.0. The number of aromatic nitrogens is 4. The quantitative estimate of drug-likeness (QED) is 0.0800. The van der Waals surface area contributed by atoms with Gasteiger partial charge in [0.15, 0.2) is 0 Å². The first-order chi connectivity index (χ1) is 28.6. The molecule has 0 aliphatic rings. The van der Waals surface area contributed by atoms with Crippen molar-refractivity contribution in [3.63, 3.8) is 0 Å². The van der Waals surface area contributed by atoms with Crippen molar-refractivity contribution in [3.8, 4) is 23.0 Å². The van der Waals surface area contributed by atoms with E-state index in [0.29, 0.717) is 0 Å². The Labute approximate surface area is 345 Å². The van der Waals surface area contributed by atoms with Gasteiger partial charge in [-0.25, -0.2) is 16.8 Å². The molecule has 0 radical (unpaired) electrons. The molecule has 0 bridgehead atoms. The van der Waals surface area contributed by atoms with E-state index in [-0.39, 0.29) is 44.0 Å². The van der Waals surface area contributed by atoms with E-state index in [1.165, 1.54) is 49.1 Å². The molecule has 3 aromatic carbocycles. The first-order valence-electron chi connectivity index (χ1n) is 17.8. The maximum Gasteiger partial charge on any atom is 0.432 e. The molecular formula is C41H36N6O8P2S2. The van der Waals surface area contributed by atoms with Crippen LogP contribution in [0.3, 0.4) is 0 Å². The number of hydrogen-bond acceptors (Lipinski definition) is 12. The summed E-state index contributed by atoms with van der Waals surface area (Å²) in [5, 5.41) is 0. The molecule has 0 saturated carbocycles. The summed E-state index contributed by atoms with van der Waals surface area (Å²) in [7, 11) is -14.3. The maximum atomic E-state index is 15.1. The highest BCUT2D eigenvalue weighted by Crippen LogP contribution is 2.53. The van der Waals surface area contributed by atoms with Crippen molar-refractivity contribution < 1.29 is 34.9 Å². The molecule has 7 aromatic rings. The Balaban J connectivity index is 1.42. The van der Waals surface area contributed by atoms with Gasteiger partial charge in [-0.1, -0.05) is 53.6 Å². The summed E-state index contributed by atoms with van der Waals surface area (Å²) in [4.78, 5) is 16.5. The minimum Gasteiger partial charge on any atom is -0.425 e. The highest BCUT2D eigenvalue weighted by atomic mass is 32.2. The van der Waals surface area contributed by atoms with Gasteiger partial charge in [-0.2, -0.15) is 4.08 Å². The van der Waals surface area contributed by atoms with Crippen LogP contribution in [-0.2, 0) is 26.6 Å². The summed E-state index contributed by atoms with van der Waals surface area (Å²) in [6.07, 6.45) is 11.9. The molecule has 18 heteroatoms. The second-order valence-electron chi connectivity index (χ2n) is 12.6. The molecule has 0 saturated heterocycles. The Morgan fingerprint density at radius 1 is 0.475 bits per heavy atom. The van der Waals surface area contributed by atoms with E-state index in [9.17, 15) is 8.42 Å². The lowest BCUT2D eigenvalue weighted by Crippen LogP contribution is -2.33. The minimum absolute atomic E-state index is 0.0498. The van der Waals surface area contributed by atoms with Crippen molar-refractivity contribution in [1.29, 1.82) is 0 Å². The number of nitrogens with zero attached hydrogens (tertiary/aromatic N) is 6. The third kappa shape index (κ3) is 10.2. The number of aryl methyl sites for hydroxylation is 2. The predicted octanol–water partition coefficient (Wildman–Crippen LogP) is 9.04. The number of hydrogen-bond donors (Lipinski definition) is 0. The zero-order chi connectivity index (χ0) is 41.2. The zero-order valence-corrected chi connectivity index (χ0v) is 35.0. The standard InChI is InChI=1S/C41H36N6O8P2S2/c1-32-15-19-39(20-16-32)58(48,49)46(56(52-35-10-5-23-42-27-35)53-36-11-6-24-43-28-36)31-34-9-3-4-14-41(34)47(59(50,51)40-21-17-33(2)18-22-40)57(54-37-12-7-25-44-29-37)55-38-13-8-26-45-30-38/h3-30H,31H2,1-2H3. The normalized spacial score (nSPS) is 11.7. The Morgan fingerprint density at radius 3 is 1.27 bits per heavy atom. The van der Waals surface area contributed by atoms with E-state index in [1.807, 2.05) is 13.8 Å². The molecule has 0 spiro atoms. The van der Waals surface area contributed by atoms with Crippen LogP contribution >= 0.6 is 17.1 Å². The van der Waals surface area contributed by atoms with E-state index >= 15 is 8.42 Å². The highest BCUT2D eigenvalue weighted by molar-refractivity contribution is 7.99. The molecule has 0 atom stereocenters. The van der Waals surface area contributed by atoms with Gasteiger partial charge in [0, 0.05) is 24.8 Å². The molecule has 0 amide bonds. The summed E-state index contributed by atoms with van der Waals surface area (Å²) in [6.45, 7) is 3.23. The Bertz CT molecular complexity index is 2580. The number of rotatable bonds is 17. The second-order valence-corrected chi connectivity index (χ2v) is 19.3. The average molecular weight is 867 g/mol. The van der Waals surface area contributed by atoms with E-state index in [1.54, 1.807) is 122 Å². The lowest BCUT2D eigenvalue weighted by atomic mass is 10.2. The van der Waals surface area contributed by atoms with Crippen LogP contribution in [0.1, 0.15) is 16.7 Å². The lowest BCUT2D eigenvalue weighted by Gasteiger charge is -2.33. The first kappa shape index (κ1) is 41.2. The number of para-hydroxylation sites is 1. The molecule has 4 aromatic heterocycles.